The lowest BCUT2D eigenvalue weighted by atomic mass is 10.1. The van der Waals surface area contributed by atoms with Crippen molar-refractivity contribution in [3.8, 4) is 5.69 Å². The molecule has 0 saturated heterocycles. The maximum atomic E-state index is 11.9. The largest absolute Gasteiger partial charge is 0.326 e. The number of pyridine rings is 1. The summed E-state index contributed by atoms with van der Waals surface area (Å²) in [7, 11) is 0. The van der Waals surface area contributed by atoms with Crippen LogP contribution in [0.3, 0.4) is 0 Å². The minimum atomic E-state index is -0.00593. The standard InChI is InChI=1S/C14H16N2O/c1-10-3-8-14(17)16(11(10)2)13-6-4-12(9-15)5-7-13/h3-8H,9,15H2,1-2H3. The zero-order valence-electron chi connectivity index (χ0n) is 10.1. The number of hydrogen-bond acceptors (Lipinski definition) is 2. The second-order valence-electron chi connectivity index (χ2n) is 4.15. The van der Waals surface area contributed by atoms with E-state index in [0.29, 0.717) is 6.54 Å². The van der Waals surface area contributed by atoms with Gasteiger partial charge in [0.2, 0.25) is 0 Å². The van der Waals surface area contributed by atoms with Crippen LogP contribution in [0.5, 0.6) is 0 Å². The molecule has 0 bridgehead atoms. The molecule has 0 atom stereocenters. The van der Waals surface area contributed by atoms with Gasteiger partial charge in [0.25, 0.3) is 5.56 Å². The van der Waals surface area contributed by atoms with Crippen LogP contribution in [0.25, 0.3) is 5.69 Å². The molecule has 0 spiro atoms. The Hall–Kier alpha value is -1.87. The highest BCUT2D eigenvalue weighted by Crippen LogP contribution is 2.12. The molecule has 0 radical (unpaired) electrons. The molecule has 2 aromatic rings. The summed E-state index contributed by atoms with van der Waals surface area (Å²) in [6.45, 7) is 4.47. The van der Waals surface area contributed by atoms with Crippen molar-refractivity contribution in [3.63, 3.8) is 0 Å². The van der Waals surface area contributed by atoms with Gasteiger partial charge >= 0.3 is 0 Å². The van der Waals surface area contributed by atoms with Gasteiger partial charge in [-0.2, -0.15) is 0 Å². The van der Waals surface area contributed by atoms with Crippen LogP contribution >= 0.6 is 0 Å². The van der Waals surface area contributed by atoms with Crippen LogP contribution in [-0.2, 0) is 6.54 Å². The molecular weight excluding hydrogens is 212 g/mol. The predicted octanol–water partition coefficient (Wildman–Crippen LogP) is 1.91. The first kappa shape index (κ1) is 11.6. The highest BCUT2D eigenvalue weighted by Gasteiger charge is 2.04. The van der Waals surface area contributed by atoms with Gasteiger partial charge in [-0.25, -0.2) is 0 Å². The molecule has 0 aliphatic carbocycles. The first-order chi connectivity index (χ1) is 8.13. The Labute approximate surface area is 101 Å². The molecule has 1 aromatic heterocycles. The van der Waals surface area contributed by atoms with Crippen molar-refractivity contribution < 1.29 is 0 Å². The fraction of sp³-hybridized carbons (Fsp3) is 0.214. The summed E-state index contributed by atoms with van der Waals surface area (Å²) in [6, 6.07) is 11.2. The first-order valence-corrected chi connectivity index (χ1v) is 5.62. The van der Waals surface area contributed by atoms with Crippen molar-refractivity contribution in [2.45, 2.75) is 20.4 Å². The summed E-state index contributed by atoms with van der Waals surface area (Å²) >= 11 is 0. The maximum Gasteiger partial charge on any atom is 0.255 e. The Balaban J connectivity index is 2.60. The molecule has 88 valence electrons. The Kier molecular flexibility index (Phi) is 3.11. The summed E-state index contributed by atoms with van der Waals surface area (Å²) in [4.78, 5) is 11.9. The number of aromatic nitrogens is 1. The van der Waals surface area contributed by atoms with Crippen molar-refractivity contribution >= 4 is 0 Å². The zero-order valence-corrected chi connectivity index (χ0v) is 10.1. The number of benzene rings is 1. The minimum absolute atomic E-state index is 0.00593. The Bertz CT molecular complexity index is 582. The molecule has 0 fully saturated rings. The average molecular weight is 228 g/mol. The number of aryl methyl sites for hydroxylation is 1. The van der Waals surface area contributed by atoms with Crippen molar-refractivity contribution in [1.82, 2.24) is 4.57 Å². The van der Waals surface area contributed by atoms with Crippen LogP contribution in [-0.4, -0.2) is 4.57 Å². The van der Waals surface area contributed by atoms with Gasteiger partial charge in [0.1, 0.15) is 0 Å². The van der Waals surface area contributed by atoms with E-state index in [4.69, 9.17) is 5.73 Å². The lowest BCUT2D eigenvalue weighted by Gasteiger charge is -2.12. The molecule has 3 heteroatoms. The average Bonchev–Trinajstić information content (AvgIpc) is 2.35. The minimum Gasteiger partial charge on any atom is -0.326 e. The van der Waals surface area contributed by atoms with Gasteiger partial charge in [-0.15, -0.1) is 0 Å². The van der Waals surface area contributed by atoms with E-state index >= 15 is 0 Å². The third-order valence-corrected chi connectivity index (χ3v) is 3.03. The van der Waals surface area contributed by atoms with Gasteiger partial charge < -0.3 is 5.73 Å². The lowest BCUT2D eigenvalue weighted by Crippen LogP contribution is -2.20. The Morgan fingerprint density at radius 3 is 2.29 bits per heavy atom. The van der Waals surface area contributed by atoms with Gasteiger partial charge in [0.15, 0.2) is 0 Å². The van der Waals surface area contributed by atoms with E-state index in [1.54, 1.807) is 10.6 Å². The molecule has 0 saturated carbocycles. The summed E-state index contributed by atoms with van der Waals surface area (Å²) in [5.74, 6) is 0. The Morgan fingerprint density at radius 1 is 1.06 bits per heavy atom. The fourth-order valence-corrected chi connectivity index (χ4v) is 1.84. The normalized spacial score (nSPS) is 10.5. The second kappa shape index (κ2) is 4.55. The van der Waals surface area contributed by atoms with Gasteiger partial charge in [-0.3, -0.25) is 9.36 Å². The quantitative estimate of drug-likeness (QED) is 0.853. The molecule has 1 heterocycles. The molecular formula is C14H16N2O. The van der Waals surface area contributed by atoms with Crippen LogP contribution in [0.4, 0.5) is 0 Å². The van der Waals surface area contributed by atoms with E-state index in [1.807, 2.05) is 44.2 Å². The number of nitrogens with zero attached hydrogens (tertiary/aromatic N) is 1. The lowest BCUT2D eigenvalue weighted by molar-refractivity contribution is 0.916. The zero-order chi connectivity index (χ0) is 12.4. The predicted molar refractivity (Wildman–Crippen MR) is 69.4 cm³/mol. The SMILES string of the molecule is Cc1ccc(=O)n(-c2ccc(CN)cc2)c1C. The van der Waals surface area contributed by atoms with Gasteiger partial charge in [0.05, 0.1) is 0 Å². The van der Waals surface area contributed by atoms with E-state index in [2.05, 4.69) is 0 Å². The molecule has 0 aliphatic heterocycles. The van der Waals surface area contributed by atoms with Crippen molar-refractivity contribution in [2.75, 3.05) is 0 Å². The molecule has 0 unspecified atom stereocenters. The summed E-state index contributed by atoms with van der Waals surface area (Å²) in [5, 5.41) is 0. The molecule has 2 rings (SSSR count). The van der Waals surface area contributed by atoms with Crippen molar-refractivity contribution in [3.05, 3.63) is 63.6 Å². The van der Waals surface area contributed by atoms with E-state index in [1.165, 1.54) is 0 Å². The van der Waals surface area contributed by atoms with E-state index < -0.39 is 0 Å². The van der Waals surface area contributed by atoms with E-state index in [-0.39, 0.29) is 5.56 Å². The number of hydrogen-bond donors (Lipinski definition) is 1. The third-order valence-electron chi connectivity index (χ3n) is 3.03. The van der Waals surface area contributed by atoms with E-state index in [0.717, 1.165) is 22.5 Å². The highest BCUT2D eigenvalue weighted by molar-refractivity contribution is 5.38. The topological polar surface area (TPSA) is 48.0 Å². The van der Waals surface area contributed by atoms with E-state index in [9.17, 15) is 4.79 Å². The van der Waals surface area contributed by atoms with Crippen LogP contribution in [0.1, 0.15) is 16.8 Å². The fourth-order valence-electron chi connectivity index (χ4n) is 1.84. The second-order valence-corrected chi connectivity index (χ2v) is 4.15. The molecule has 3 nitrogen and oxygen atoms in total. The van der Waals surface area contributed by atoms with Crippen molar-refractivity contribution in [1.29, 1.82) is 0 Å². The summed E-state index contributed by atoms with van der Waals surface area (Å²) in [6.07, 6.45) is 0. The molecule has 2 N–H and O–H groups in total. The Morgan fingerprint density at radius 2 is 1.71 bits per heavy atom. The monoisotopic (exact) mass is 228 g/mol. The van der Waals surface area contributed by atoms with Gasteiger partial charge in [-0.05, 0) is 37.1 Å². The number of nitrogens with two attached hydrogens (primary N) is 1. The van der Waals surface area contributed by atoms with Crippen LogP contribution in [0, 0.1) is 13.8 Å². The van der Waals surface area contributed by atoms with Crippen LogP contribution in [0.2, 0.25) is 0 Å². The highest BCUT2D eigenvalue weighted by atomic mass is 16.1. The summed E-state index contributed by atoms with van der Waals surface area (Å²) < 4.78 is 1.72. The molecule has 17 heavy (non-hydrogen) atoms. The third kappa shape index (κ3) is 2.15. The van der Waals surface area contributed by atoms with Gasteiger partial charge in [0, 0.05) is 24.0 Å². The van der Waals surface area contributed by atoms with Crippen LogP contribution < -0.4 is 11.3 Å². The smallest absolute Gasteiger partial charge is 0.255 e. The van der Waals surface area contributed by atoms with Gasteiger partial charge in [-0.1, -0.05) is 18.2 Å². The number of rotatable bonds is 2. The molecule has 0 aliphatic rings. The maximum absolute atomic E-state index is 11.9. The van der Waals surface area contributed by atoms with Crippen molar-refractivity contribution in [2.24, 2.45) is 5.73 Å². The summed E-state index contributed by atoms with van der Waals surface area (Å²) in [5.41, 5.74) is 9.57. The molecule has 1 aromatic carbocycles. The first-order valence-electron chi connectivity index (χ1n) is 5.62. The molecule has 0 amide bonds. The van der Waals surface area contributed by atoms with Crippen LogP contribution in [0.15, 0.2) is 41.2 Å².